The first-order valence-corrected chi connectivity index (χ1v) is 8.94. The lowest BCUT2D eigenvalue weighted by Gasteiger charge is -2.32. The van der Waals surface area contributed by atoms with Crippen LogP contribution in [0.15, 0.2) is 42.5 Å². The standard InChI is InChI=1S/C20H19ClF3N3/c1-25-19-8-7-15(11-18(19)21)27(16-9-10-26(2)13-16)12-14-5-3-4-6-17(14)20(22,23)24/h3-8,11,16H,9-10,12-13H2,2H3/t16-/m0/s1. The Hall–Kier alpha value is -2.23. The molecule has 27 heavy (non-hydrogen) atoms. The van der Waals surface area contributed by atoms with Crippen molar-refractivity contribution in [1.82, 2.24) is 4.90 Å². The van der Waals surface area contributed by atoms with Gasteiger partial charge in [0.05, 0.1) is 12.1 Å². The fraction of sp³-hybridized carbons (Fsp3) is 0.350. The highest BCUT2D eigenvalue weighted by Gasteiger charge is 2.34. The topological polar surface area (TPSA) is 10.8 Å². The molecule has 3 rings (SSSR count). The van der Waals surface area contributed by atoms with Crippen molar-refractivity contribution in [3.63, 3.8) is 0 Å². The molecular weight excluding hydrogens is 375 g/mol. The summed E-state index contributed by atoms with van der Waals surface area (Å²) in [6.07, 6.45) is -3.55. The van der Waals surface area contributed by atoms with Gasteiger partial charge >= 0.3 is 6.18 Å². The molecule has 1 saturated heterocycles. The predicted octanol–water partition coefficient (Wildman–Crippen LogP) is 5.62. The molecule has 0 aromatic heterocycles. The summed E-state index contributed by atoms with van der Waals surface area (Å²) in [5.41, 5.74) is 0.666. The van der Waals surface area contributed by atoms with Crippen molar-refractivity contribution in [3.8, 4) is 0 Å². The molecule has 2 aromatic carbocycles. The third-order valence-corrected chi connectivity index (χ3v) is 5.16. The molecule has 142 valence electrons. The van der Waals surface area contributed by atoms with Gasteiger partial charge in [-0.1, -0.05) is 35.9 Å². The Bertz CT molecular complexity index is 860. The van der Waals surface area contributed by atoms with E-state index in [0.29, 0.717) is 10.7 Å². The van der Waals surface area contributed by atoms with Crippen molar-refractivity contribution in [3.05, 3.63) is 70.0 Å². The number of rotatable bonds is 4. The zero-order chi connectivity index (χ0) is 19.6. The summed E-state index contributed by atoms with van der Waals surface area (Å²) in [7, 11) is 2.00. The minimum absolute atomic E-state index is 0.0751. The quantitative estimate of drug-likeness (QED) is 0.624. The number of benzene rings is 2. The fourth-order valence-electron chi connectivity index (χ4n) is 3.48. The molecule has 0 spiro atoms. The van der Waals surface area contributed by atoms with Gasteiger partial charge in [-0.05, 0) is 43.8 Å². The van der Waals surface area contributed by atoms with Gasteiger partial charge in [0.25, 0.3) is 0 Å². The summed E-state index contributed by atoms with van der Waals surface area (Å²) < 4.78 is 40.3. The average Bonchev–Trinajstić information content (AvgIpc) is 3.05. The molecule has 0 bridgehead atoms. The molecule has 0 amide bonds. The van der Waals surface area contributed by atoms with Crippen molar-refractivity contribution in [1.29, 1.82) is 0 Å². The van der Waals surface area contributed by atoms with Gasteiger partial charge in [-0.3, -0.25) is 0 Å². The highest BCUT2D eigenvalue weighted by Crippen LogP contribution is 2.36. The SMILES string of the molecule is [C-]#[N+]c1ccc(N(Cc2ccccc2C(F)(F)F)[C@H]2CCN(C)C2)cc1Cl. The second-order valence-electron chi connectivity index (χ2n) is 6.74. The van der Waals surface area contributed by atoms with Crippen LogP contribution in [0.3, 0.4) is 0 Å². The molecule has 0 N–H and O–H groups in total. The van der Waals surface area contributed by atoms with E-state index in [9.17, 15) is 13.2 Å². The molecule has 0 radical (unpaired) electrons. The Kier molecular flexibility index (Phi) is 5.64. The second-order valence-corrected chi connectivity index (χ2v) is 7.14. The molecule has 2 aromatic rings. The summed E-state index contributed by atoms with van der Waals surface area (Å²) in [5.74, 6) is 0. The van der Waals surface area contributed by atoms with Gasteiger partial charge < -0.3 is 9.80 Å². The van der Waals surface area contributed by atoms with E-state index in [1.165, 1.54) is 12.1 Å². The number of nitrogens with zero attached hydrogens (tertiary/aromatic N) is 3. The lowest BCUT2D eigenvalue weighted by Crippen LogP contribution is -2.37. The Labute approximate surface area is 161 Å². The van der Waals surface area contributed by atoms with Crippen molar-refractivity contribution in [2.45, 2.75) is 25.2 Å². The maximum atomic E-state index is 13.4. The first kappa shape index (κ1) is 19.5. The fourth-order valence-corrected chi connectivity index (χ4v) is 3.70. The van der Waals surface area contributed by atoms with E-state index in [1.54, 1.807) is 24.3 Å². The van der Waals surface area contributed by atoms with Gasteiger partial charge in [0, 0.05) is 29.8 Å². The molecule has 3 nitrogen and oxygen atoms in total. The molecule has 0 saturated carbocycles. The molecule has 1 atom stereocenters. The number of anilines is 1. The van der Waals surface area contributed by atoms with Crippen molar-refractivity contribution < 1.29 is 13.2 Å². The number of hydrogen-bond donors (Lipinski definition) is 0. The smallest absolute Gasteiger partial charge is 0.363 e. The van der Waals surface area contributed by atoms with Crippen molar-refractivity contribution in [2.75, 3.05) is 25.0 Å². The lowest BCUT2D eigenvalue weighted by atomic mass is 10.0. The number of alkyl halides is 3. The molecule has 1 aliphatic heterocycles. The lowest BCUT2D eigenvalue weighted by molar-refractivity contribution is -0.138. The maximum Gasteiger partial charge on any atom is 0.416 e. The molecule has 1 fully saturated rings. The summed E-state index contributed by atoms with van der Waals surface area (Å²) >= 11 is 6.18. The van der Waals surface area contributed by atoms with Crippen LogP contribution in [0.25, 0.3) is 4.85 Å². The largest absolute Gasteiger partial charge is 0.416 e. The number of hydrogen-bond acceptors (Lipinski definition) is 2. The summed E-state index contributed by atoms with van der Waals surface area (Å²) in [6.45, 7) is 8.90. The molecule has 0 aliphatic carbocycles. The van der Waals surface area contributed by atoms with Crippen molar-refractivity contribution >= 4 is 23.0 Å². The minimum Gasteiger partial charge on any atom is -0.363 e. The van der Waals surface area contributed by atoms with Gasteiger partial charge in [-0.2, -0.15) is 13.2 Å². The van der Waals surface area contributed by atoms with E-state index in [4.69, 9.17) is 18.2 Å². The van der Waals surface area contributed by atoms with Crippen LogP contribution in [0.5, 0.6) is 0 Å². The van der Waals surface area contributed by atoms with Crippen molar-refractivity contribution in [2.24, 2.45) is 0 Å². The third kappa shape index (κ3) is 4.37. The van der Waals surface area contributed by atoms with Crippen LogP contribution in [0.4, 0.5) is 24.5 Å². The van der Waals surface area contributed by atoms with E-state index in [1.807, 2.05) is 11.9 Å². The normalized spacial score (nSPS) is 17.7. The van der Waals surface area contributed by atoms with E-state index < -0.39 is 11.7 Å². The average molecular weight is 394 g/mol. The summed E-state index contributed by atoms with van der Waals surface area (Å²) in [5, 5.41) is 0.308. The minimum atomic E-state index is -4.40. The van der Waals surface area contributed by atoms with E-state index in [-0.39, 0.29) is 18.2 Å². The van der Waals surface area contributed by atoms with E-state index >= 15 is 0 Å². The van der Waals surface area contributed by atoms with Gasteiger partial charge in [-0.25, -0.2) is 4.85 Å². The van der Waals surface area contributed by atoms with Gasteiger partial charge in [0.15, 0.2) is 0 Å². The van der Waals surface area contributed by atoms with Gasteiger partial charge in [-0.15, -0.1) is 0 Å². The summed E-state index contributed by atoms with van der Waals surface area (Å²) in [6, 6.07) is 10.8. The van der Waals surface area contributed by atoms with Gasteiger partial charge in [0.2, 0.25) is 5.69 Å². The molecular formula is C20H19ClF3N3. The van der Waals surface area contributed by atoms with Crippen LogP contribution in [0.1, 0.15) is 17.5 Å². The maximum absolute atomic E-state index is 13.4. The highest BCUT2D eigenvalue weighted by molar-refractivity contribution is 6.33. The Balaban J connectivity index is 2.00. The monoisotopic (exact) mass is 393 g/mol. The zero-order valence-corrected chi connectivity index (χ0v) is 15.6. The molecule has 1 heterocycles. The van der Waals surface area contributed by atoms with Crippen LogP contribution in [0.2, 0.25) is 5.02 Å². The molecule has 1 aliphatic rings. The van der Waals surface area contributed by atoms with E-state index in [0.717, 1.165) is 31.3 Å². The van der Waals surface area contributed by atoms with Crippen LogP contribution >= 0.6 is 11.6 Å². The van der Waals surface area contributed by atoms with E-state index in [2.05, 4.69) is 9.74 Å². The number of likely N-dealkylation sites (tertiary alicyclic amines) is 1. The zero-order valence-electron chi connectivity index (χ0n) is 14.8. The highest BCUT2D eigenvalue weighted by atomic mass is 35.5. The number of likely N-dealkylation sites (N-methyl/N-ethyl adjacent to an activating group) is 1. The first-order chi connectivity index (χ1) is 12.8. The second kappa shape index (κ2) is 7.79. The van der Waals surface area contributed by atoms with Crippen LogP contribution in [0, 0.1) is 6.57 Å². The van der Waals surface area contributed by atoms with Crippen LogP contribution in [-0.2, 0) is 12.7 Å². The van der Waals surface area contributed by atoms with Crippen LogP contribution in [-0.4, -0.2) is 31.1 Å². The van der Waals surface area contributed by atoms with Gasteiger partial charge in [0.1, 0.15) is 0 Å². The third-order valence-electron chi connectivity index (χ3n) is 4.85. The first-order valence-electron chi connectivity index (χ1n) is 8.57. The Morgan fingerprint density at radius 1 is 1.26 bits per heavy atom. The van der Waals surface area contributed by atoms with Crippen LogP contribution < -0.4 is 4.90 Å². The molecule has 0 unspecified atom stereocenters. The number of halogens is 4. The summed E-state index contributed by atoms with van der Waals surface area (Å²) in [4.78, 5) is 7.47. The molecule has 7 heteroatoms. The Morgan fingerprint density at radius 2 is 2.00 bits per heavy atom. The predicted molar refractivity (Wildman–Crippen MR) is 101 cm³/mol. The Morgan fingerprint density at radius 3 is 2.59 bits per heavy atom.